The maximum Gasteiger partial charge on any atom is 0.267 e. The molecule has 0 aliphatic heterocycles. The zero-order valence-corrected chi connectivity index (χ0v) is 21.8. The summed E-state index contributed by atoms with van der Waals surface area (Å²) in [6.45, 7) is 2.50. The summed E-state index contributed by atoms with van der Waals surface area (Å²) in [7, 11) is 1.58. The van der Waals surface area contributed by atoms with E-state index in [2.05, 4.69) is 5.32 Å². The fraction of sp³-hybridized carbons (Fsp3) is 0.296. The Morgan fingerprint density at radius 1 is 1.14 bits per heavy atom. The van der Waals surface area contributed by atoms with Gasteiger partial charge >= 0.3 is 0 Å². The van der Waals surface area contributed by atoms with E-state index in [1.165, 1.54) is 16.6 Å². The molecule has 0 fully saturated rings. The summed E-state index contributed by atoms with van der Waals surface area (Å²) in [6.07, 6.45) is 4.12. The quantitative estimate of drug-likeness (QED) is 0.245. The van der Waals surface area contributed by atoms with Crippen LogP contribution in [0.4, 0.5) is 5.69 Å². The lowest BCUT2D eigenvalue weighted by Crippen LogP contribution is -2.23. The van der Waals surface area contributed by atoms with Gasteiger partial charge in [0, 0.05) is 16.6 Å². The molecule has 2 aromatic carbocycles. The van der Waals surface area contributed by atoms with Crippen LogP contribution >= 0.6 is 23.1 Å². The monoisotopic (exact) mass is 521 g/mol. The summed E-state index contributed by atoms with van der Waals surface area (Å²) in [6, 6.07) is 14.6. The van der Waals surface area contributed by atoms with Crippen molar-refractivity contribution < 1.29 is 14.3 Å². The van der Waals surface area contributed by atoms with E-state index in [-0.39, 0.29) is 17.2 Å². The number of aryl methyl sites for hydroxylation is 2. The predicted octanol–water partition coefficient (Wildman–Crippen LogP) is 5.46. The van der Waals surface area contributed by atoms with Gasteiger partial charge in [-0.1, -0.05) is 17.8 Å². The number of aromatic nitrogens is 2. The number of rotatable bonds is 8. The molecule has 1 aliphatic carbocycles. The highest BCUT2D eigenvalue weighted by Gasteiger charge is 2.23. The molecule has 0 saturated carbocycles. The number of benzene rings is 2. The first-order valence-electron chi connectivity index (χ1n) is 11.9. The van der Waals surface area contributed by atoms with Gasteiger partial charge in [-0.15, -0.1) is 11.3 Å². The molecule has 186 valence electrons. The standard InChI is InChI=1S/C27H27N3O4S2/c1-3-34-19-13-11-18(12-14-19)30-26(32)24-21-9-4-5-10-22(21)36-25(24)29-27(30)35-16-23(31)28-17-7-6-8-20(15-17)33-2/h6-8,11-15H,3-5,9-10,16H2,1-2H3,(H,28,31). The second-order valence-electron chi connectivity index (χ2n) is 8.42. The zero-order chi connectivity index (χ0) is 25.1. The van der Waals surface area contributed by atoms with E-state index >= 15 is 0 Å². The molecule has 2 heterocycles. The minimum atomic E-state index is -0.189. The molecule has 4 aromatic rings. The van der Waals surface area contributed by atoms with Gasteiger partial charge in [0.2, 0.25) is 5.91 Å². The van der Waals surface area contributed by atoms with Crippen LogP contribution in [0, 0.1) is 0 Å². The average molecular weight is 522 g/mol. The summed E-state index contributed by atoms with van der Waals surface area (Å²) < 4.78 is 12.4. The first kappa shape index (κ1) is 24.4. The highest BCUT2D eigenvalue weighted by molar-refractivity contribution is 7.99. The second kappa shape index (κ2) is 10.8. The topological polar surface area (TPSA) is 82.4 Å². The van der Waals surface area contributed by atoms with Gasteiger partial charge in [-0.05, 0) is 74.6 Å². The SMILES string of the molecule is CCOc1ccc(-n2c(SCC(=O)Nc3cccc(OC)c3)nc3sc4c(c3c2=O)CCCC4)cc1. The summed E-state index contributed by atoms with van der Waals surface area (Å²) in [5, 5.41) is 4.10. The normalized spacial score (nSPS) is 12.8. The van der Waals surface area contributed by atoms with Gasteiger partial charge in [0.15, 0.2) is 5.16 Å². The number of hydrogen-bond acceptors (Lipinski definition) is 7. The molecule has 0 radical (unpaired) electrons. The fourth-order valence-electron chi connectivity index (χ4n) is 4.40. The third-order valence-electron chi connectivity index (χ3n) is 6.05. The van der Waals surface area contributed by atoms with Crippen molar-refractivity contribution in [3.05, 3.63) is 69.3 Å². The molecule has 1 aliphatic rings. The van der Waals surface area contributed by atoms with Gasteiger partial charge in [0.25, 0.3) is 5.56 Å². The fourth-order valence-corrected chi connectivity index (χ4v) is 6.51. The lowest BCUT2D eigenvalue weighted by molar-refractivity contribution is -0.113. The van der Waals surface area contributed by atoms with Crippen molar-refractivity contribution in [2.24, 2.45) is 0 Å². The van der Waals surface area contributed by atoms with Gasteiger partial charge in [0.1, 0.15) is 16.3 Å². The molecule has 36 heavy (non-hydrogen) atoms. The predicted molar refractivity (Wildman–Crippen MR) is 145 cm³/mol. The molecule has 0 atom stereocenters. The number of anilines is 1. The summed E-state index contributed by atoms with van der Waals surface area (Å²) in [5.74, 6) is 1.32. The minimum absolute atomic E-state index is 0.0840. The molecule has 0 saturated heterocycles. The molecule has 1 N–H and O–H groups in total. The third kappa shape index (κ3) is 4.99. The van der Waals surface area contributed by atoms with Gasteiger partial charge in [-0.3, -0.25) is 14.2 Å². The van der Waals surface area contributed by atoms with Crippen molar-refractivity contribution >= 4 is 44.9 Å². The Morgan fingerprint density at radius 3 is 2.72 bits per heavy atom. The molecule has 0 unspecified atom stereocenters. The molecular formula is C27H27N3O4S2. The smallest absolute Gasteiger partial charge is 0.267 e. The number of nitrogens with one attached hydrogen (secondary N) is 1. The number of fused-ring (bicyclic) bond motifs is 3. The highest BCUT2D eigenvalue weighted by atomic mass is 32.2. The molecule has 0 spiro atoms. The average Bonchev–Trinajstić information content (AvgIpc) is 3.27. The van der Waals surface area contributed by atoms with Crippen molar-refractivity contribution in [2.75, 3.05) is 24.8 Å². The largest absolute Gasteiger partial charge is 0.497 e. The Balaban J connectivity index is 1.49. The van der Waals surface area contributed by atoms with Gasteiger partial charge in [-0.25, -0.2) is 4.98 Å². The maximum atomic E-state index is 13.9. The molecule has 9 heteroatoms. The Kier molecular flexibility index (Phi) is 7.29. The summed E-state index contributed by atoms with van der Waals surface area (Å²) >= 11 is 2.86. The van der Waals surface area contributed by atoms with Crippen LogP contribution < -0.4 is 20.3 Å². The van der Waals surface area contributed by atoms with E-state index in [1.54, 1.807) is 35.1 Å². The number of carbonyl (C=O) groups excluding carboxylic acids is 1. The van der Waals surface area contributed by atoms with E-state index in [4.69, 9.17) is 14.5 Å². The lowest BCUT2D eigenvalue weighted by atomic mass is 9.97. The van der Waals surface area contributed by atoms with Crippen LogP contribution in [0.1, 0.15) is 30.2 Å². The lowest BCUT2D eigenvalue weighted by Gasteiger charge is -2.14. The Bertz CT molecular complexity index is 1460. The number of amides is 1. The third-order valence-corrected chi connectivity index (χ3v) is 8.17. The van der Waals surface area contributed by atoms with E-state index in [9.17, 15) is 9.59 Å². The molecule has 1 amide bonds. The number of carbonyl (C=O) groups is 1. The van der Waals surface area contributed by atoms with Crippen LogP contribution in [0.2, 0.25) is 0 Å². The van der Waals surface area contributed by atoms with Crippen molar-refractivity contribution in [1.82, 2.24) is 9.55 Å². The Labute approximate surface area is 217 Å². The first-order valence-corrected chi connectivity index (χ1v) is 13.7. The minimum Gasteiger partial charge on any atom is -0.497 e. The first-order chi connectivity index (χ1) is 17.6. The van der Waals surface area contributed by atoms with Crippen molar-refractivity contribution in [2.45, 2.75) is 37.8 Å². The Hall–Kier alpha value is -3.30. The van der Waals surface area contributed by atoms with Crippen LogP contribution in [-0.2, 0) is 17.6 Å². The van der Waals surface area contributed by atoms with Crippen molar-refractivity contribution in [3.8, 4) is 17.2 Å². The van der Waals surface area contributed by atoms with Gasteiger partial charge in [-0.2, -0.15) is 0 Å². The van der Waals surface area contributed by atoms with Crippen LogP contribution in [0.3, 0.4) is 0 Å². The summed E-state index contributed by atoms with van der Waals surface area (Å²) in [5.41, 5.74) is 2.41. The Morgan fingerprint density at radius 2 is 1.94 bits per heavy atom. The number of nitrogens with zero attached hydrogens (tertiary/aromatic N) is 2. The van der Waals surface area contributed by atoms with E-state index in [1.807, 2.05) is 43.3 Å². The van der Waals surface area contributed by atoms with Crippen LogP contribution in [0.15, 0.2) is 58.5 Å². The number of thiophene rings is 1. The van der Waals surface area contributed by atoms with E-state index in [0.29, 0.717) is 34.3 Å². The molecule has 7 nitrogen and oxygen atoms in total. The van der Waals surface area contributed by atoms with E-state index in [0.717, 1.165) is 41.8 Å². The zero-order valence-electron chi connectivity index (χ0n) is 20.2. The second-order valence-corrected chi connectivity index (χ2v) is 10.4. The summed E-state index contributed by atoms with van der Waals surface area (Å²) in [4.78, 5) is 33.5. The number of thioether (sulfide) groups is 1. The van der Waals surface area contributed by atoms with E-state index < -0.39 is 0 Å². The number of methoxy groups -OCH3 is 1. The van der Waals surface area contributed by atoms with Crippen LogP contribution in [0.25, 0.3) is 15.9 Å². The van der Waals surface area contributed by atoms with Gasteiger partial charge < -0.3 is 14.8 Å². The van der Waals surface area contributed by atoms with Crippen molar-refractivity contribution in [3.63, 3.8) is 0 Å². The molecule has 0 bridgehead atoms. The number of ether oxygens (including phenoxy) is 2. The maximum absolute atomic E-state index is 13.9. The molecule has 5 rings (SSSR count). The number of hydrogen-bond donors (Lipinski definition) is 1. The van der Waals surface area contributed by atoms with Crippen molar-refractivity contribution in [1.29, 1.82) is 0 Å². The van der Waals surface area contributed by atoms with Crippen LogP contribution in [-0.4, -0.2) is 34.9 Å². The molecular weight excluding hydrogens is 494 g/mol. The molecule has 2 aromatic heterocycles. The highest BCUT2D eigenvalue weighted by Crippen LogP contribution is 2.35. The van der Waals surface area contributed by atoms with Crippen LogP contribution in [0.5, 0.6) is 11.5 Å². The van der Waals surface area contributed by atoms with Gasteiger partial charge in [0.05, 0.1) is 30.5 Å².